The lowest BCUT2D eigenvalue weighted by atomic mass is 10.0. The molecule has 1 fully saturated rings. The van der Waals surface area contributed by atoms with Crippen LogP contribution in [-0.4, -0.2) is 32.1 Å². The number of hydrogen-bond acceptors (Lipinski definition) is 4. The molecule has 0 spiro atoms. The maximum absolute atomic E-state index is 13.5. The van der Waals surface area contributed by atoms with Crippen molar-refractivity contribution < 1.29 is 17.6 Å². The molecule has 20 heavy (non-hydrogen) atoms. The number of rotatable bonds is 3. The van der Waals surface area contributed by atoms with Gasteiger partial charge in [-0.05, 0) is 25.0 Å². The molecule has 0 bridgehead atoms. The van der Waals surface area contributed by atoms with Crippen LogP contribution in [0.15, 0.2) is 23.1 Å². The zero-order valence-corrected chi connectivity index (χ0v) is 11.4. The van der Waals surface area contributed by atoms with Gasteiger partial charge in [0.05, 0.1) is 0 Å². The van der Waals surface area contributed by atoms with E-state index in [9.17, 15) is 17.6 Å². The molecule has 1 aromatic carbocycles. The standard InChI is InChI=1S/C13H13FN2O3S/c14-12-2-1-3-13(11(12)8-15)20(18,19)16-6-4-10(9-17)5-7-16/h1-3,9-10H,4-7H2. The summed E-state index contributed by atoms with van der Waals surface area (Å²) in [6.45, 7) is 0.403. The molecular weight excluding hydrogens is 283 g/mol. The summed E-state index contributed by atoms with van der Waals surface area (Å²) in [6.07, 6.45) is 1.71. The van der Waals surface area contributed by atoms with Gasteiger partial charge in [0.25, 0.3) is 0 Å². The maximum Gasteiger partial charge on any atom is 0.244 e. The summed E-state index contributed by atoms with van der Waals surface area (Å²) in [6, 6.07) is 5.13. The maximum atomic E-state index is 13.5. The van der Waals surface area contributed by atoms with E-state index >= 15 is 0 Å². The fourth-order valence-electron chi connectivity index (χ4n) is 2.22. The normalized spacial score (nSPS) is 17.6. The first-order chi connectivity index (χ1) is 9.50. The molecule has 0 radical (unpaired) electrons. The molecule has 0 aliphatic carbocycles. The molecule has 0 atom stereocenters. The van der Waals surface area contributed by atoms with Crippen LogP contribution in [-0.2, 0) is 14.8 Å². The zero-order chi connectivity index (χ0) is 14.8. The second-order valence-electron chi connectivity index (χ2n) is 4.60. The van der Waals surface area contributed by atoms with Gasteiger partial charge in [-0.3, -0.25) is 0 Å². The van der Waals surface area contributed by atoms with E-state index in [4.69, 9.17) is 5.26 Å². The van der Waals surface area contributed by atoms with Crippen molar-refractivity contribution in [2.24, 2.45) is 5.92 Å². The van der Waals surface area contributed by atoms with Gasteiger partial charge in [0.15, 0.2) is 0 Å². The van der Waals surface area contributed by atoms with Crippen LogP contribution in [0.25, 0.3) is 0 Å². The summed E-state index contributed by atoms with van der Waals surface area (Å²) in [5, 5.41) is 8.92. The fourth-order valence-corrected chi connectivity index (χ4v) is 3.84. The van der Waals surface area contributed by atoms with Crippen molar-refractivity contribution in [2.45, 2.75) is 17.7 Å². The lowest BCUT2D eigenvalue weighted by Crippen LogP contribution is -2.39. The van der Waals surface area contributed by atoms with Gasteiger partial charge in [-0.15, -0.1) is 0 Å². The van der Waals surface area contributed by atoms with E-state index in [0.29, 0.717) is 12.8 Å². The summed E-state index contributed by atoms with van der Waals surface area (Å²) < 4.78 is 39.6. The number of sulfonamides is 1. The second kappa shape index (κ2) is 5.69. The van der Waals surface area contributed by atoms with Crippen LogP contribution < -0.4 is 0 Å². The van der Waals surface area contributed by atoms with E-state index in [2.05, 4.69) is 0 Å². The molecule has 0 aromatic heterocycles. The molecule has 0 unspecified atom stereocenters. The van der Waals surface area contributed by atoms with Crippen molar-refractivity contribution in [1.29, 1.82) is 5.26 Å². The van der Waals surface area contributed by atoms with Crippen LogP contribution in [0.5, 0.6) is 0 Å². The lowest BCUT2D eigenvalue weighted by molar-refractivity contribution is -0.112. The average molecular weight is 296 g/mol. The van der Waals surface area contributed by atoms with Crippen LogP contribution >= 0.6 is 0 Å². The summed E-state index contributed by atoms with van der Waals surface area (Å²) in [5.74, 6) is -0.985. The highest BCUT2D eigenvalue weighted by Gasteiger charge is 2.31. The van der Waals surface area contributed by atoms with Gasteiger partial charge in [0.2, 0.25) is 10.0 Å². The molecular formula is C13H13FN2O3S. The van der Waals surface area contributed by atoms with E-state index < -0.39 is 21.4 Å². The predicted octanol–water partition coefficient (Wildman–Crippen LogP) is 1.30. The number of piperidine rings is 1. The molecule has 0 saturated carbocycles. The summed E-state index contributed by atoms with van der Waals surface area (Å²) >= 11 is 0. The molecule has 7 heteroatoms. The quantitative estimate of drug-likeness (QED) is 0.788. The van der Waals surface area contributed by atoms with Crippen molar-refractivity contribution in [3.63, 3.8) is 0 Å². The number of carbonyl (C=O) groups excluding carboxylic acids is 1. The highest BCUT2D eigenvalue weighted by Crippen LogP contribution is 2.26. The fraction of sp³-hybridized carbons (Fsp3) is 0.385. The molecule has 1 heterocycles. The minimum atomic E-state index is -3.90. The molecule has 5 nitrogen and oxygen atoms in total. The van der Waals surface area contributed by atoms with Crippen LogP contribution in [0.2, 0.25) is 0 Å². The Kier molecular flexibility index (Phi) is 4.16. The highest BCUT2D eigenvalue weighted by atomic mass is 32.2. The third-order valence-electron chi connectivity index (χ3n) is 3.40. The van der Waals surface area contributed by atoms with Crippen LogP contribution in [0.3, 0.4) is 0 Å². The minimum absolute atomic E-state index is 0.135. The molecule has 1 aliphatic heterocycles. The molecule has 0 N–H and O–H groups in total. The van der Waals surface area contributed by atoms with Gasteiger partial charge < -0.3 is 4.79 Å². The Morgan fingerprint density at radius 3 is 2.55 bits per heavy atom. The van der Waals surface area contributed by atoms with E-state index in [1.807, 2.05) is 0 Å². The summed E-state index contributed by atoms with van der Waals surface area (Å²) in [7, 11) is -3.90. The Morgan fingerprint density at radius 2 is 2.00 bits per heavy atom. The molecule has 1 saturated heterocycles. The SMILES string of the molecule is N#Cc1c(F)cccc1S(=O)(=O)N1CCC(C=O)CC1. The smallest absolute Gasteiger partial charge is 0.244 e. The summed E-state index contributed by atoms with van der Waals surface area (Å²) in [5.41, 5.74) is -0.468. The Bertz CT molecular complexity index is 659. The van der Waals surface area contributed by atoms with Crippen LogP contribution in [0, 0.1) is 23.1 Å². The number of nitrogens with zero attached hydrogens (tertiary/aromatic N) is 2. The van der Waals surface area contributed by atoms with Gasteiger partial charge in [-0.2, -0.15) is 9.57 Å². The number of hydrogen-bond donors (Lipinski definition) is 0. The largest absolute Gasteiger partial charge is 0.303 e. The van der Waals surface area contributed by atoms with Gasteiger partial charge in [-0.25, -0.2) is 12.8 Å². The first kappa shape index (κ1) is 14.6. The van der Waals surface area contributed by atoms with Gasteiger partial charge in [-0.1, -0.05) is 6.07 Å². The van der Waals surface area contributed by atoms with Crippen molar-refractivity contribution in [3.8, 4) is 6.07 Å². The van der Waals surface area contributed by atoms with Gasteiger partial charge in [0.1, 0.15) is 28.6 Å². The lowest BCUT2D eigenvalue weighted by Gasteiger charge is -2.29. The Labute approximate surface area is 116 Å². The topological polar surface area (TPSA) is 78.2 Å². The van der Waals surface area contributed by atoms with Gasteiger partial charge >= 0.3 is 0 Å². The van der Waals surface area contributed by atoms with Crippen LogP contribution in [0.4, 0.5) is 4.39 Å². The van der Waals surface area contributed by atoms with E-state index in [1.165, 1.54) is 16.4 Å². The zero-order valence-electron chi connectivity index (χ0n) is 10.6. The highest BCUT2D eigenvalue weighted by molar-refractivity contribution is 7.89. The number of halogens is 1. The molecule has 2 rings (SSSR count). The van der Waals surface area contributed by atoms with Crippen molar-refractivity contribution in [2.75, 3.05) is 13.1 Å². The molecule has 1 aliphatic rings. The number of benzene rings is 1. The van der Waals surface area contributed by atoms with Crippen molar-refractivity contribution in [1.82, 2.24) is 4.31 Å². The number of carbonyl (C=O) groups is 1. The number of aldehydes is 1. The monoisotopic (exact) mass is 296 g/mol. The Balaban J connectivity index is 2.35. The van der Waals surface area contributed by atoms with Gasteiger partial charge in [0, 0.05) is 19.0 Å². The second-order valence-corrected chi connectivity index (χ2v) is 6.51. The predicted molar refractivity (Wildman–Crippen MR) is 68.7 cm³/mol. The average Bonchev–Trinajstić information content (AvgIpc) is 2.47. The molecule has 1 aromatic rings. The Morgan fingerprint density at radius 1 is 1.35 bits per heavy atom. The third kappa shape index (κ3) is 2.57. The first-order valence-electron chi connectivity index (χ1n) is 6.14. The minimum Gasteiger partial charge on any atom is -0.303 e. The van der Waals surface area contributed by atoms with E-state index in [-0.39, 0.29) is 23.9 Å². The van der Waals surface area contributed by atoms with Crippen molar-refractivity contribution >= 4 is 16.3 Å². The number of nitriles is 1. The molecule has 0 amide bonds. The van der Waals surface area contributed by atoms with E-state index in [1.54, 1.807) is 6.07 Å². The van der Waals surface area contributed by atoms with E-state index in [0.717, 1.165) is 12.4 Å². The third-order valence-corrected chi connectivity index (χ3v) is 5.34. The first-order valence-corrected chi connectivity index (χ1v) is 7.58. The van der Waals surface area contributed by atoms with Crippen molar-refractivity contribution in [3.05, 3.63) is 29.6 Å². The summed E-state index contributed by atoms with van der Waals surface area (Å²) in [4.78, 5) is 10.4. The molecule has 106 valence electrons. The van der Waals surface area contributed by atoms with Crippen LogP contribution in [0.1, 0.15) is 18.4 Å². The Hall–Kier alpha value is -1.78.